The minimum absolute atomic E-state index is 0.274. The summed E-state index contributed by atoms with van der Waals surface area (Å²) in [6.45, 7) is 3.58. The van der Waals surface area contributed by atoms with Crippen LogP contribution in [-0.2, 0) is 13.6 Å². The predicted molar refractivity (Wildman–Crippen MR) is 106 cm³/mol. The lowest BCUT2D eigenvalue weighted by molar-refractivity contribution is 0.245. The largest absolute Gasteiger partial charge is 0.497 e. The van der Waals surface area contributed by atoms with Gasteiger partial charge in [0.2, 0.25) is 0 Å². The maximum Gasteiger partial charge on any atom is 0.191 e. The third-order valence-electron chi connectivity index (χ3n) is 4.97. The Balaban J connectivity index is 1.65. The average Bonchev–Trinajstić information content (AvgIpc) is 3.37. The summed E-state index contributed by atoms with van der Waals surface area (Å²) >= 11 is 0. The molecule has 1 aromatic heterocycles. The van der Waals surface area contributed by atoms with Crippen molar-refractivity contribution >= 4 is 5.96 Å². The number of rotatable bonds is 7. The van der Waals surface area contributed by atoms with Gasteiger partial charge in [-0.1, -0.05) is 12.1 Å². The molecule has 2 heterocycles. The van der Waals surface area contributed by atoms with Gasteiger partial charge in [0.1, 0.15) is 12.1 Å². The minimum Gasteiger partial charge on any atom is -0.497 e. The second-order valence-electron chi connectivity index (χ2n) is 6.70. The van der Waals surface area contributed by atoms with Crippen LogP contribution in [0.3, 0.4) is 0 Å². The van der Waals surface area contributed by atoms with E-state index in [1.165, 1.54) is 18.4 Å². The van der Waals surface area contributed by atoms with Crippen LogP contribution in [0.5, 0.6) is 5.75 Å². The highest BCUT2D eigenvalue weighted by atomic mass is 16.5. The molecule has 0 saturated carbocycles. The van der Waals surface area contributed by atoms with E-state index in [-0.39, 0.29) is 6.04 Å². The Hall–Kier alpha value is -2.61. The van der Waals surface area contributed by atoms with Crippen molar-refractivity contribution < 1.29 is 4.74 Å². The Kier molecular flexibility index (Phi) is 6.64. The molecule has 1 aliphatic rings. The molecule has 8 nitrogen and oxygen atoms in total. The second-order valence-corrected chi connectivity index (χ2v) is 6.70. The van der Waals surface area contributed by atoms with Gasteiger partial charge in [0.15, 0.2) is 11.8 Å². The molecule has 27 heavy (non-hydrogen) atoms. The summed E-state index contributed by atoms with van der Waals surface area (Å²) in [7, 11) is 5.42. The molecule has 0 spiro atoms. The molecular formula is C19H29N7O. The first-order valence-corrected chi connectivity index (χ1v) is 9.36. The molecule has 8 heteroatoms. The fraction of sp³-hybridized carbons (Fsp3) is 0.526. The zero-order chi connectivity index (χ0) is 19.1. The Morgan fingerprint density at radius 3 is 2.78 bits per heavy atom. The van der Waals surface area contributed by atoms with E-state index in [9.17, 15) is 0 Å². The number of methoxy groups -OCH3 is 1. The number of guanidine groups is 1. The van der Waals surface area contributed by atoms with Crippen LogP contribution in [0.25, 0.3) is 0 Å². The van der Waals surface area contributed by atoms with Crippen molar-refractivity contribution in [3.63, 3.8) is 0 Å². The van der Waals surface area contributed by atoms with Gasteiger partial charge in [0.25, 0.3) is 0 Å². The zero-order valence-electron chi connectivity index (χ0n) is 16.4. The molecule has 146 valence electrons. The van der Waals surface area contributed by atoms with E-state index in [0.717, 1.165) is 37.2 Å². The van der Waals surface area contributed by atoms with Gasteiger partial charge in [0, 0.05) is 20.6 Å². The monoisotopic (exact) mass is 371 g/mol. The number of nitrogens with one attached hydrogen (secondary N) is 2. The van der Waals surface area contributed by atoms with Crippen molar-refractivity contribution in [1.29, 1.82) is 0 Å². The third-order valence-corrected chi connectivity index (χ3v) is 4.97. The summed E-state index contributed by atoms with van der Waals surface area (Å²) in [5.74, 6) is 2.51. The highest BCUT2D eigenvalue weighted by Crippen LogP contribution is 2.27. The van der Waals surface area contributed by atoms with Crippen LogP contribution in [0.4, 0.5) is 0 Å². The van der Waals surface area contributed by atoms with Crippen LogP contribution in [0.2, 0.25) is 0 Å². The maximum absolute atomic E-state index is 5.42. The van der Waals surface area contributed by atoms with Crippen LogP contribution in [0, 0.1) is 0 Å². The molecule has 3 rings (SSSR count). The lowest BCUT2D eigenvalue weighted by atomic mass is 10.1. The summed E-state index contributed by atoms with van der Waals surface area (Å²) < 4.78 is 7.31. The molecule has 2 aromatic rings. The molecule has 2 N–H and O–H groups in total. The van der Waals surface area contributed by atoms with Crippen LogP contribution in [0.1, 0.15) is 30.3 Å². The quantitative estimate of drug-likeness (QED) is 0.565. The van der Waals surface area contributed by atoms with Gasteiger partial charge in [0.05, 0.1) is 19.7 Å². The maximum atomic E-state index is 5.42. The number of nitrogens with zero attached hydrogens (tertiary/aromatic N) is 5. The first kappa shape index (κ1) is 19.2. The second kappa shape index (κ2) is 9.36. The van der Waals surface area contributed by atoms with E-state index in [1.54, 1.807) is 20.5 Å². The van der Waals surface area contributed by atoms with E-state index >= 15 is 0 Å². The fourth-order valence-corrected chi connectivity index (χ4v) is 3.40. The summed E-state index contributed by atoms with van der Waals surface area (Å²) in [4.78, 5) is 6.86. The Morgan fingerprint density at radius 2 is 2.11 bits per heavy atom. The van der Waals surface area contributed by atoms with Crippen molar-refractivity contribution in [2.45, 2.75) is 25.4 Å². The van der Waals surface area contributed by atoms with Gasteiger partial charge in [-0.05, 0) is 43.6 Å². The van der Waals surface area contributed by atoms with Gasteiger partial charge in [-0.2, -0.15) is 0 Å². The lowest BCUT2D eigenvalue weighted by Crippen LogP contribution is -2.42. The van der Waals surface area contributed by atoms with E-state index in [4.69, 9.17) is 4.74 Å². The number of aliphatic imine (C=N–C) groups is 1. The van der Waals surface area contributed by atoms with Crippen LogP contribution in [0.15, 0.2) is 35.6 Å². The SMILES string of the molecule is CN=C(NCc1nncn1C)NCC(c1cccc(OC)c1)N1CCCC1. The van der Waals surface area contributed by atoms with Crippen LogP contribution < -0.4 is 15.4 Å². The molecule has 1 saturated heterocycles. The number of aryl methyl sites for hydroxylation is 1. The number of hydrogen-bond acceptors (Lipinski definition) is 5. The molecule has 1 aromatic carbocycles. The third kappa shape index (κ3) is 4.97. The highest BCUT2D eigenvalue weighted by molar-refractivity contribution is 5.79. The van der Waals surface area contributed by atoms with Gasteiger partial charge < -0.3 is 19.9 Å². The smallest absolute Gasteiger partial charge is 0.191 e. The predicted octanol–water partition coefficient (Wildman–Crippen LogP) is 1.33. The van der Waals surface area contributed by atoms with Gasteiger partial charge in [-0.3, -0.25) is 9.89 Å². The lowest BCUT2D eigenvalue weighted by Gasteiger charge is -2.29. The van der Waals surface area contributed by atoms with Gasteiger partial charge in [-0.15, -0.1) is 10.2 Å². The first-order valence-electron chi connectivity index (χ1n) is 9.36. The molecule has 0 aliphatic carbocycles. The fourth-order valence-electron chi connectivity index (χ4n) is 3.40. The summed E-state index contributed by atoms with van der Waals surface area (Å²) in [5.41, 5.74) is 1.26. The molecule has 0 radical (unpaired) electrons. The number of benzene rings is 1. The van der Waals surface area contributed by atoms with Gasteiger partial charge >= 0.3 is 0 Å². The molecular weight excluding hydrogens is 342 g/mol. The Bertz CT molecular complexity index is 752. The number of aromatic nitrogens is 3. The summed E-state index contributed by atoms with van der Waals surface area (Å²) in [6, 6.07) is 8.61. The molecule has 1 fully saturated rings. The van der Waals surface area contributed by atoms with Gasteiger partial charge in [-0.25, -0.2) is 0 Å². The van der Waals surface area contributed by atoms with Crippen LogP contribution >= 0.6 is 0 Å². The van der Waals surface area contributed by atoms with E-state index < -0.39 is 0 Å². The molecule has 0 bridgehead atoms. The van der Waals surface area contributed by atoms with E-state index in [2.05, 4.69) is 48.9 Å². The summed E-state index contributed by atoms with van der Waals surface area (Å²) in [5, 5.41) is 14.8. The van der Waals surface area contributed by atoms with Crippen molar-refractivity contribution in [1.82, 2.24) is 30.3 Å². The normalized spacial score (nSPS) is 16.3. The number of hydrogen-bond donors (Lipinski definition) is 2. The number of ether oxygens (including phenoxy) is 1. The van der Waals surface area contributed by atoms with E-state index in [1.807, 2.05) is 17.7 Å². The zero-order valence-corrected chi connectivity index (χ0v) is 16.4. The standard InChI is InChI=1S/C19H29N7O/c1-20-19(22-13-18-24-23-14-25(18)2)21-12-17(26-9-4-5-10-26)15-7-6-8-16(11-15)27-3/h6-8,11,14,17H,4-5,9-10,12-13H2,1-3H3,(H2,20,21,22). The molecule has 1 unspecified atom stereocenters. The summed E-state index contributed by atoms with van der Waals surface area (Å²) in [6.07, 6.45) is 4.19. The van der Waals surface area contributed by atoms with Crippen molar-refractivity contribution in [2.24, 2.45) is 12.0 Å². The Morgan fingerprint density at radius 1 is 1.30 bits per heavy atom. The Labute approximate surface area is 160 Å². The topological polar surface area (TPSA) is 79.6 Å². The number of likely N-dealkylation sites (tertiary alicyclic amines) is 1. The first-order chi connectivity index (χ1) is 13.2. The van der Waals surface area contributed by atoms with Crippen LogP contribution in [-0.4, -0.2) is 59.4 Å². The molecule has 0 amide bonds. The molecule has 1 aliphatic heterocycles. The average molecular weight is 371 g/mol. The van der Waals surface area contributed by atoms with Crippen molar-refractivity contribution in [2.75, 3.05) is 33.8 Å². The highest BCUT2D eigenvalue weighted by Gasteiger charge is 2.24. The van der Waals surface area contributed by atoms with Crippen molar-refractivity contribution in [3.05, 3.63) is 42.0 Å². The van der Waals surface area contributed by atoms with E-state index in [0.29, 0.717) is 6.54 Å². The van der Waals surface area contributed by atoms with Crippen molar-refractivity contribution in [3.8, 4) is 5.75 Å². The molecule has 1 atom stereocenters. The minimum atomic E-state index is 0.274.